The number of methoxy groups -OCH3 is 2. The van der Waals surface area contributed by atoms with Crippen LogP contribution in [0.5, 0.6) is 11.5 Å². The number of benzene rings is 1. The molecule has 2 aromatic heterocycles. The van der Waals surface area contributed by atoms with E-state index < -0.39 is 5.60 Å². The van der Waals surface area contributed by atoms with Crippen molar-refractivity contribution in [1.82, 2.24) is 14.7 Å². The van der Waals surface area contributed by atoms with Gasteiger partial charge in [-0.3, -0.25) is 0 Å². The molecule has 1 saturated heterocycles. The molecule has 1 fully saturated rings. The van der Waals surface area contributed by atoms with E-state index in [-0.39, 0.29) is 12.1 Å². The van der Waals surface area contributed by atoms with Crippen molar-refractivity contribution in [2.75, 3.05) is 32.2 Å². The Morgan fingerprint density at radius 1 is 1.12 bits per heavy atom. The number of alkyl carbamates (subject to hydrolysis) is 1. The summed E-state index contributed by atoms with van der Waals surface area (Å²) in [6.07, 6.45) is 5.31. The molecule has 0 aliphatic carbocycles. The van der Waals surface area contributed by atoms with E-state index in [0.717, 1.165) is 48.5 Å². The van der Waals surface area contributed by atoms with Gasteiger partial charge in [-0.05, 0) is 45.7 Å². The molecular formula is C25H31ClN4O4. The van der Waals surface area contributed by atoms with Gasteiger partial charge in [0.25, 0.3) is 0 Å². The van der Waals surface area contributed by atoms with Gasteiger partial charge in [0.1, 0.15) is 22.7 Å². The Bertz CT molecular complexity index is 1180. The number of carbonyl (C=O) groups excluding carboxylic acids is 1. The summed E-state index contributed by atoms with van der Waals surface area (Å²) in [6.45, 7) is 7.28. The fraction of sp³-hybridized carbons (Fsp3) is 0.440. The first kappa shape index (κ1) is 24.0. The highest BCUT2D eigenvalue weighted by molar-refractivity contribution is 6.32. The van der Waals surface area contributed by atoms with Gasteiger partial charge in [-0.15, -0.1) is 0 Å². The first-order chi connectivity index (χ1) is 16.2. The van der Waals surface area contributed by atoms with Gasteiger partial charge in [0.05, 0.1) is 24.9 Å². The number of hydrogen-bond acceptors (Lipinski definition) is 6. The second kappa shape index (κ2) is 9.62. The first-order valence-electron chi connectivity index (χ1n) is 11.3. The summed E-state index contributed by atoms with van der Waals surface area (Å²) in [5.74, 6) is 1.20. The summed E-state index contributed by atoms with van der Waals surface area (Å²) < 4.78 is 18.2. The number of piperidine rings is 1. The van der Waals surface area contributed by atoms with Gasteiger partial charge in [0.2, 0.25) is 0 Å². The molecule has 4 rings (SSSR count). The average Bonchev–Trinajstić information content (AvgIpc) is 3.21. The molecule has 3 heterocycles. The summed E-state index contributed by atoms with van der Waals surface area (Å²) in [6, 6.07) is 7.84. The molecule has 1 amide bonds. The Morgan fingerprint density at radius 2 is 1.82 bits per heavy atom. The molecule has 0 bridgehead atoms. The zero-order chi connectivity index (χ0) is 24.5. The van der Waals surface area contributed by atoms with Gasteiger partial charge in [0.15, 0.2) is 0 Å². The van der Waals surface area contributed by atoms with Crippen molar-refractivity contribution in [3.8, 4) is 22.8 Å². The van der Waals surface area contributed by atoms with Crippen LogP contribution in [-0.2, 0) is 4.74 Å². The summed E-state index contributed by atoms with van der Waals surface area (Å²) >= 11 is 6.35. The molecule has 0 spiro atoms. The number of imidazole rings is 1. The van der Waals surface area contributed by atoms with Crippen LogP contribution in [0.25, 0.3) is 16.9 Å². The maximum absolute atomic E-state index is 12.1. The van der Waals surface area contributed by atoms with Crippen LogP contribution in [0, 0.1) is 0 Å². The van der Waals surface area contributed by atoms with Gasteiger partial charge >= 0.3 is 6.09 Å². The average molecular weight is 487 g/mol. The van der Waals surface area contributed by atoms with Gasteiger partial charge in [-0.1, -0.05) is 11.6 Å². The largest absolute Gasteiger partial charge is 0.496 e. The minimum Gasteiger partial charge on any atom is -0.496 e. The maximum Gasteiger partial charge on any atom is 0.407 e. The van der Waals surface area contributed by atoms with Crippen LogP contribution in [-0.4, -0.2) is 54.4 Å². The molecule has 182 valence electrons. The van der Waals surface area contributed by atoms with Gasteiger partial charge in [-0.2, -0.15) is 0 Å². The van der Waals surface area contributed by atoms with E-state index in [1.54, 1.807) is 20.3 Å². The number of nitrogens with zero attached hydrogens (tertiary/aromatic N) is 3. The second-order valence-corrected chi connectivity index (χ2v) is 9.78. The third-order valence-corrected chi connectivity index (χ3v) is 6.07. The van der Waals surface area contributed by atoms with E-state index in [9.17, 15) is 4.79 Å². The molecule has 8 nitrogen and oxygen atoms in total. The number of hydrogen-bond donors (Lipinski definition) is 1. The number of carbonyl (C=O) groups is 1. The summed E-state index contributed by atoms with van der Waals surface area (Å²) in [5.41, 5.74) is 2.99. The lowest BCUT2D eigenvalue weighted by atomic mass is 10.0. The minimum absolute atomic E-state index is 0.111. The van der Waals surface area contributed by atoms with Crippen LogP contribution in [0.2, 0.25) is 5.02 Å². The molecule has 1 N–H and O–H groups in total. The number of aromatic nitrogens is 2. The predicted molar refractivity (Wildman–Crippen MR) is 133 cm³/mol. The van der Waals surface area contributed by atoms with Gasteiger partial charge < -0.3 is 28.8 Å². The molecule has 34 heavy (non-hydrogen) atoms. The topological polar surface area (TPSA) is 77.3 Å². The Balaban J connectivity index is 1.48. The molecule has 0 saturated carbocycles. The summed E-state index contributed by atoms with van der Waals surface area (Å²) in [4.78, 5) is 19.2. The van der Waals surface area contributed by atoms with E-state index in [1.165, 1.54) is 0 Å². The van der Waals surface area contributed by atoms with E-state index in [2.05, 4.69) is 22.3 Å². The van der Waals surface area contributed by atoms with E-state index >= 15 is 0 Å². The molecule has 1 aliphatic rings. The normalized spacial score (nSPS) is 14.8. The second-order valence-electron chi connectivity index (χ2n) is 9.37. The van der Waals surface area contributed by atoms with Gasteiger partial charge in [0, 0.05) is 54.9 Å². The number of fused-ring (bicyclic) bond motifs is 1. The van der Waals surface area contributed by atoms with E-state index in [1.807, 2.05) is 43.6 Å². The third kappa shape index (κ3) is 5.33. The minimum atomic E-state index is -0.496. The zero-order valence-electron chi connectivity index (χ0n) is 20.2. The van der Waals surface area contributed by atoms with Crippen LogP contribution < -0.4 is 19.7 Å². The Kier molecular flexibility index (Phi) is 6.79. The predicted octanol–water partition coefficient (Wildman–Crippen LogP) is 5.17. The Morgan fingerprint density at radius 3 is 2.47 bits per heavy atom. The van der Waals surface area contributed by atoms with Crippen LogP contribution >= 0.6 is 11.6 Å². The van der Waals surface area contributed by atoms with Crippen LogP contribution in [0.4, 0.5) is 10.5 Å². The lowest BCUT2D eigenvalue weighted by Gasteiger charge is -2.34. The number of rotatable bonds is 5. The third-order valence-electron chi connectivity index (χ3n) is 5.77. The number of pyridine rings is 1. The van der Waals surface area contributed by atoms with Crippen molar-refractivity contribution in [2.24, 2.45) is 0 Å². The first-order valence-corrected chi connectivity index (χ1v) is 11.7. The van der Waals surface area contributed by atoms with Crippen molar-refractivity contribution in [3.05, 3.63) is 41.7 Å². The van der Waals surface area contributed by atoms with Crippen molar-refractivity contribution < 1.29 is 19.0 Å². The molecular weight excluding hydrogens is 456 g/mol. The molecule has 9 heteroatoms. The SMILES string of the molecule is COc1cc(OC)c(-c2cn3ccc(N4CCC(NC(=O)OC(C)(C)C)CC4)cc3n2)cc1Cl. The molecule has 0 radical (unpaired) electrons. The zero-order valence-corrected chi connectivity index (χ0v) is 21.0. The number of halogens is 1. The van der Waals surface area contributed by atoms with Crippen molar-refractivity contribution >= 4 is 29.0 Å². The standard InChI is InChI=1S/C25H31ClN4O4/c1-25(2,3)34-24(31)27-16-6-9-29(10-7-16)17-8-11-30-15-20(28-23(30)12-17)18-13-19(26)22(33-5)14-21(18)32-4/h8,11-16H,6-7,9-10H2,1-5H3,(H,27,31). The highest BCUT2D eigenvalue weighted by Crippen LogP contribution is 2.38. The smallest absolute Gasteiger partial charge is 0.407 e. The Labute approximate surface area is 204 Å². The molecule has 0 atom stereocenters. The molecule has 1 aliphatic heterocycles. The highest BCUT2D eigenvalue weighted by atomic mass is 35.5. The van der Waals surface area contributed by atoms with Crippen LogP contribution in [0.15, 0.2) is 36.7 Å². The van der Waals surface area contributed by atoms with Crippen molar-refractivity contribution in [3.63, 3.8) is 0 Å². The number of anilines is 1. The number of ether oxygens (including phenoxy) is 3. The van der Waals surface area contributed by atoms with E-state index in [4.69, 9.17) is 30.8 Å². The summed E-state index contributed by atoms with van der Waals surface area (Å²) in [7, 11) is 3.19. The number of nitrogens with one attached hydrogen (secondary N) is 1. The van der Waals surface area contributed by atoms with Crippen LogP contribution in [0.1, 0.15) is 33.6 Å². The highest BCUT2D eigenvalue weighted by Gasteiger charge is 2.24. The molecule has 3 aromatic rings. The molecule has 0 unspecified atom stereocenters. The Hall–Kier alpha value is -3.13. The van der Waals surface area contributed by atoms with Crippen molar-refractivity contribution in [1.29, 1.82) is 0 Å². The maximum atomic E-state index is 12.1. The monoisotopic (exact) mass is 486 g/mol. The van der Waals surface area contributed by atoms with Crippen LogP contribution in [0.3, 0.4) is 0 Å². The molecule has 1 aromatic carbocycles. The van der Waals surface area contributed by atoms with E-state index in [0.29, 0.717) is 16.5 Å². The quantitative estimate of drug-likeness (QED) is 0.536. The lowest BCUT2D eigenvalue weighted by molar-refractivity contribution is 0.0497. The lowest BCUT2D eigenvalue weighted by Crippen LogP contribution is -2.46. The number of amides is 1. The summed E-state index contributed by atoms with van der Waals surface area (Å²) in [5, 5.41) is 3.49. The fourth-order valence-corrected chi connectivity index (χ4v) is 4.35. The van der Waals surface area contributed by atoms with Gasteiger partial charge in [-0.25, -0.2) is 9.78 Å². The fourth-order valence-electron chi connectivity index (χ4n) is 4.11. The van der Waals surface area contributed by atoms with Crippen molar-refractivity contribution in [2.45, 2.75) is 45.3 Å².